The molecular weight excluding hydrogens is 270 g/mol. The lowest BCUT2D eigenvalue weighted by Gasteiger charge is -2.23. The van der Waals surface area contributed by atoms with E-state index in [9.17, 15) is 14.7 Å². The number of carbonyl (C=O) groups is 2. The highest BCUT2D eigenvalue weighted by molar-refractivity contribution is 5.88. The van der Waals surface area contributed by atoms with Gasteiger partial charge in [-0.15, -0.1) is 0 Å². The van der Waals surface area contributed by atoms with E-state index in [-0.39, 0.29) is 11.5 Å². The van der Waals surface area contributed by atoms with Crippen molar-refractivity contribution in [2.45, 2.75) is 26.7 Å². The summed E-state index contributed by atoms with van der Waals surface area (Å²) in [7, 11) is 0. The maximum Gasteiger partial charge on any atom is 0.335 e. The number of nitrogens with zero attached hydrogens (tertiary/aromatic N) is 3. The fraction of sp³-hybridized carbons (Fsp3) is 0.533. The zero-order valence-corrected chi connectivity index (χ0v) is 12.5. The summed E-state index contributed by atoms with van der Waals surface area (Å²) in [6.07, 6.45) is 1.56. The maximum absolute atomic E-state index is 11.5. The zero-order valence-electron chi connectivity index (χ0n) is 12.5. The average molecular weight is 291 g/mol. The molecule has 1 saturated heterocycles. The van der Waals surface area contributed by atoms with Crippen molar-refractivity contribution in [1.29, 1.82) is 0 Å². The largest absolute Gasteiger partial charge is 0.478 e. The number of hydrogen-bond donors (Lipinski definition) is 1. The predicted molar refractivity (Wildman–Crippen MR) is 79.7 cm³/mol. The van der Waals surface area contributed by atoms with Crippen LogP contribution in [0.4, 0.5) is 5.82 Å². The number of carboxylic acids is 1. The third-order valence-electron chi connectivity index (χ3n) is 3.74. The Bertz CT molecular complexity index is 545. The molecule has 6 heteroatoms. The summed E-state index contributed by atoms with van der Waals surface area (Å²) >= 11 is 0. The standard InChI is InChI=1S/C15H21N3O3/c1-3-13-9-12(15(20)21)10-14(16-13)18-6-4-5-17(7-8-18)11(2)19/h9-10H,3-8H2,1-2H3,(H,20,21). The first-order valence-corrected chi connectivity index (χ1v) is 7.26. The van der Waals surface area contributed by atoms with Gasteiger partial charge in [-0.3, -0.25) is 4.79 Å². The molecule has 0 aliphatic carbocycles. The molecule has 0 unspecified atom stereocenters. The Morgan fingerprint density at radius 2 is 2.00 bits per heavy atom. The molecule has 2 rings (SSSR count). The molecule has 114 valence electrons. The number of pyridine rings is 1. The topological polar surface area (TPSA) is 73.7 Å². The van der Waals surface area contributed by atoms with Gasteiger partial charge in [-0.05, 0) is 25.0 Å². The van der Waals surface area contributed by atoms with Gasteiger partial charge in [-0.25, -0.2) is 9.78 Å². The van der Waals surface area contributed by atoms with E-state index < -0.39 is 5.97 Å². The molecule has 21 heavy (non-hydrogen) atoms. The summed E-state index contributed by atoms with van der Waals surface area (Å²) in [5, 5.41) is 9.20. The monoisotopic (exact) mass is 291 g/mol. The second kappa shape index (κ2) is 6.56. The van der Waals surface area contributed by atoms with Gasteiger partial charge < -0.3 is 14.9 Å². The predicted octanol–water partition coefficient (Wildman–Crippen LogP) is 1.40. The molecule has 1 aromatic heterocycles. The Labute approximate surface area is 124 Å². The van der Waals surface area contributed by atoms with Crippen molar-refractivity contribution in [3.63, 3.8) is 0 Å². The minimum absolute atomic E-state index is 0.0818. The number of aromatic carboxylic acids is 1. The number of carbonyl (C=O) groups excluding carboxylic acids is 1. The number of carboxylic acid groups (broad SMARTS) is 1. The van der Waals surface area contributed by atoms with E-state index >= 15 is 0 Å². The van der Waals surface area contributed by atoms with Crippen molar-refractivity contribution in [3.05, 3.63) is 23.4 Å². The first-order valence-electron chi connectivity index (χ1n) is 7.26. The summed E-state index contributed by atoms with van der Waals surface area (Å²) in [4.78, 5) is 31.1. The van der Waals surface area contributed by atoms with Crippen molar-refractivity contribution in [1.82, 2.24) is 9.88 Å². The quantitative estimate of drug-likeness (QED) is 0.911. The summed E-state index contributed by atoms with van der Waals surface area (Å²) in [6, 6.07) is 3.23. The number of amides is 1. The summed E-state index contributed by atoms with van der Waals surface area (Å²) in [5.74, 6) is -0.163. The van der Waals surface area contributed by atoms with Crippen LogP contribution in [0.3, 0.4) is 0 Å². The minimum Gasteiger partial charge on any atom is -0.478 e. The molecule has 1 fully saturated rings. The van der Waals surface area contributed by atoms with Gasteiger partial charge in [-0.2, -0.15) is 0 Å². The van der Waals surface area contributed by atoms with Crippen molar-refractivity contribution in [2.75, 3.05) is 31.1 Å². The molecule has 0 bridgehead atoms. The lowest BCUT2D eigenvalue weighted by atomic mass is 10.2. The fourth-order valence-corrected chi connectivity index (χ4v) is 2.50. The molecule has 6 nitrogen and oxygen atoms in total. The van der Waals surface area contributed by atoms with Crippen LogP contribution >= 0.6 is 0 Å². The van der Waals surface area contributed by atoms with Crippen molar-refractivity contribution < 1.29 is 14.7 Å². The molecule has 0 aromatic carbocycles. The smallest absolute Gasteiger partial charge is 0.335 e. The first-order chi connectivity index (χ1) is 10.0. The van der Waals surface area contributed by atoms with Crippen LogP contribution in [-0.2, 0) is 11.2 Å². The Kier molecular flexibility index (Phi) is 4.77. The molecule has 0 saturated carbocycles. The van der Waals surface area contributed by atoms with Crippen molar-refractivity contribution in [2.24, 2.45) is 0 Å². The Hall–Kier alpha value is -2.11. The number of anilines is 1. The molecule has 0 radical (unpaired) electrons. The molecule has 1 aliphatic rings. The highest BCUT2D eigenvalue weighted by atomic mass is 16.4. The summed E-state index contributed by atoms with van der Waals surface area (Å²) < 4.78 is 0. The van der Waals surface area contributed by atoms with Crippen LogP contribution in [0.25, 0.3) is 0 Å². The number of aromatic nitrogens is 1. The SMILES string of the molecule is CCc1cc(C(=O)O)cc(N2CCCN(C(C)=O)CC2)n1. The van der Waals surface area contributed by atoms with Crippen molar-refractivity contribution in [3.8, 4) is 0 Å². The molecule has 2 heterocycles. The lowest BCUT2D eigenvalue weighted by Crippen LogP contribution is -2.34. The first kappa shape index (κ1) is 15.3. The maximum atomic E-state index is 11.5. The van der Waals surface area contributed by atoms with Gasteiger partial charge in [0, 0.05) is 38.8 Å². The minimum atomic E-state index is -0.937. The van der Waals surface area contributed by atoms with E-state index in [1.54, 1.807) is 19.1 Å². The van der Waals surface area contributed by atoms with E-state index in [0.717, 1.165) is 25.2 Å². The summed E-state index contributed by atoms with van der Waals surface area (Å²) in [6.45, 7) is 6.38. The number of aryl methyl sites for hydroxylation is 1. The third kappa shape index (κ3) is 3.71. The molecule has 0 atom stereocenters. The van der Waals surface area contributed by atoms with Crippen molar-refractivity contribution >= 4 is 17.7 Å². The van der Waals surface area contributed by atoms with Crippen LogP contribution in [0, 0.1) is 0 Å². The number of rotatable bonds is 3. The molecule has 1 aromatic rings. The van der Waals surface area contributed by atoms with Gasteiger partial charge in [0.15, 0.2) is 0 Å². The highest BCUT2D eigenvalue weighted by Crippen LogP contribution is 2.18. The Balaban J connectivity index is 2.22. The molecule has 1 amide bonds. The van der Waals surface area contributed by atoms with Crippen LogP contribution in [0.1, 0.15) is 36.3 Å². The van der Waals surface area contributed by atoms with Crippen LogP contribution in [0.2, 0.25) is 0 Å². The van der Waals surface area contributed by atoms with Crippen LogP contribution in [-0.4, -0.2) is 53.0 Å². The lowest BCUT2D eigenvalue weighted by molar-refractivity contribution is -0.128. The Morgan fingerprint density at radius 1 is 1.24 bits per heavy atom. The Morgan fingerprint density at radius 3 is 2.62 bits per heavy atom. The molecule has 0 spiro atoms. The summed E-state index contributed by atoms with van der Waals surface area (Å²) in [5.41, 5.74) is 1.04. The van der Waals surface area contributed by atoms with Gasteiger partial charge in [0.05, 0.1) is 5.56 Å². The van der Waals surface area contributed by atoms with Crippen LogP contribution in [0.15, 0.2) is 12.1 Å². The van der Waals surface area contributed by atoms with Gasteiger partial charge in [-0.1, -0.05) is 6.92 Å². The average Bonchev–Trinajstić information content (AvgIpc) is 2.72. The van der Waals surface area contributed by atoms with Gasteiger partial charge in [0.25, 0.3) is 0 Å². The van der Waals surface area contributed by atoms with Gasteiger partial charge >= 0.3 is 5.97 Å². The van der Waals surface area contributed by atoms with Crippen LogP contribution in [0.5, 0.6) is 0 Å². The van der Waals surface area contributed by atoms with Gasteiger partial charge in [0.1, 0.15) is 5.82 Å². The fourth-order valence-electron chi connectivity index (χ4n) is 2.50. The van der Waals surface area contributed by atoms with E-state index in [2.05, 4.69) is 9.88 Å². The van der Waals surface area contributed by atoms with E-state index in [4.69, 9.17) is 0 Å². The van der Waals surface area contributed by atoms with E-state index in [0.29, 0.717) is 25.3 Å². The molecule has 1 N–H and O–H groups in total. The second-order valence-electron chi connectivity index (χ2n) is 5.21. The normalized spacial score (nSPS) is 15.7. The zero-order chi connectivity index (χ0) is 15.4. The second-order valence-corrected chi connectivity index (χ2v) is 5.21. The highest BCUT2D eigenvalue weighted by Gasteiger charge is 2.19. The third-order valence-corrected chi connectivity index (χ3v) is 3.74. The van der Waals surface area contributed by atoms with E-state index in [1.807, 2.05) is 11.8 Å². The molecule has 1 aliphatic heterocycles. The van der Waals surface area contributed by atoms with Gasteiger partial charge in [0.2, 0.25) is 5.91 Å². The molecular formula is C15H21N3O3. The van der Waals surface area contributed by atoms with E-state index in [1.165, 1.54) is 0 Å². The van der Waals surface area contributed by atoms with Crippen LogP contribution < -0.4 is 4.90 Å². The number of hydrogen-bond acceptors (Lipinski definition) is 4.